The predicted octanol–water partition coefficient (Wildman–Crippen LogP) is 2.66. The van der Waals surface area contributed by atoms with E-state index >= 15 is 0 Å². The predicted molar refractivity (Wildman–Crippen MR) is 122 cm³/mol. The summed E-state index contributed by atoms with van der Waals surface area (Å²) in [6.45, 7) is 4.22. The third-order valence-corrected chi connectivity index (χ3v) is 6.19. The van der Waals surface area contributed by atoms with Gasteiger partial charge in [-0.25, -0.2) is 9.78 Å². The molecular formula is C22H23N5O4S. The molecule has 166 valence electrons. The lowest BCUT2D eigenvalue weighted by molar-refractivity contribution is 0.0346. The highest BCUT2D eigenvalue weighted by Gasteiger charge is 2.18. The number of hydrogen-bond acceptors (Lipinski definition) is 9. The van der Waals surface area contributed by atoms with Crippen LogP contribution in [0.1, 0.15) is 25.6 Å². The standard InChI is InChI=1S/C22H23N5O4S/c1-30-22(29)17-12-24-5-4-18(17)26-21(28)16-10-14(11-25-20(16)23)19-3-2-15(32-19)13-27-6-8-31-9-7-27/h2-5,10-12H,6-9,13H2,1H3,(H2,23,25)(H,24,26,28). The summed E-state index contributed by atoms with van der Waals surface area (Å²) in [4.78, 5) is 37.6. The van der Waals surface area contributed by atoms with Crippen molar-refractivity contribution < 1.29 is 19.1 Å². The van der Waals surface area contributed by atoms with Gasteiger partial charge in [0.15, 0.2) is 0 Å². The van der Waals surface area contributed by atoms with Crippen molar-refractivity contribution in [3.63, 3.8) is 0 Å². The minimum atomic E-state index is -0.598. The van der Waals surface area contributed by atoms with Crippen LogP contribution in [0.3, 0.4) is 0 Å². The van der Waals surface area contributed by atoms with E-state index in [1.54, 1.807) is 23.6 Å². The van der Waals surface area contributed by atoms with Crippen molar-refractivity contribution in [3.05, 3.63) is 58.9 Å². The number of pyridine rings is 2. The lowest BCUT2D eigenvalue weighted by Gasteiger charge is -2.25. The molecule has 3 aromatic heterocycles. The number of carbonyl (C=O) groups is 2. The Balaban J connectivity index is 1.53. The molecule has 4 heterocycles. The minimum absolute atomic E-state index is 0.102. The van der Waals surface area contributed by atoms with Gasteiger partial charge in [0.1, 0.15) is 11.4 Å². The van der Waals surface area contributed by atoms with E-state index in [9.17, 15) is 9.59 Å². The molecule has 1 aliphatic heterocycles. The maximum atomic E-state index is 12.9. The second-order valence-corrected chi connectivity index (χ2v) is 8.35. The van der Waals surface area contributed by atoms with Gasteiger partial charge in [0.2, 0.25) is 0 Å². The molecule has 9 nitrogen and oxygen atoms in total. The number of anilines is 2. The molecule has 1 amide bonds. The highest BCUT2D eigenvalue weighted by Crippen LogP contribution is 2.30. The number of carbonyl (C=O) groups excluding carboxylic acids is 2. The molecule has 1 saturated heterocycles. The largest absolute Gasteiger partial charge is 0.465 e. The van der Waals surface area contributed by atoms with Crippen molar-refractivity contribution in [2.75, 3.05) is 44.5 Å². The molecule has 3 aromatic rings. The Morgan fingerprint density at radius 1 is 1.22 bits per heavy atom. The number of methoxy groups -OCH3 is 1. The second kappa shape index (κ2) is 9.86. The molecule has 4 rings (SSSR count). The summed E-state index contributed by atoms with van der Waals surface area (Å²) < 4.78 is 10.1. The summed E-state index contributed by atoms with van der Waals surface area (Å²) in [6.07, 6.45) is 4.46. The third kappa shape index (κ3) is 4.93. The summed E-state index contributed by atoms with van der Waals surface area (Å²) in [6, 6.07) is 7.34. The fourth-order valence-electron chi connectivity index (χ4n) is 3.36. The van der Waals surface area contributed by atoms with Gasteiger partial charge in [-0.2, -0.15) is 0 Å². The van der Waals surface area contributed by atoms with Crippen LogP contribution < -0.4 is 11.1 Å². The Morgan fingerprint density at radius 3 is 2.81 bits per heavy atom. The fraction of sp³-hybridized carbons (Fsp3) is 0.273. The van der Waals surface area contributed by atoms with Crippen LogP contribution in [0.25, 0.3) is 10.4 Å². The lowest BCUT2D eigenvalue weighted by atomic mass is 10.1. The highest BCUT2D eigenvalue weighted by molar-refractivity contribution is 7.15. The van der Waals surface area contributed by atoms with E-state index in [0.29, 0.717) is 0 Å². The van der Waals surface area contributed by atoms with Crippen LogP contribution in [0, 0.1) is 0 Å². The van der Waals surface area contributed by atoms with Gasteiger partial charge in [0.25, 0.3) is 5.91 Å². The number of amides is 1. The monoisotopic (exact) mass is 453 g/mol. The third-order valence-electron chi connectivity index (χ3n) is 5.07. The molecule has 1 fully saturated rings. The number of esters is 1. The zero-order valence-corrected chi connectivity index (χ0v) is 18.4. The smallest absolute Gasteiger partial charge is 0.341 e. The number of aromatic nitrogens is 2. The van der Waals surface area contributed by atoms with E-state index in [2.05, 4.69) is 26.3 Å². The van der Waals surface area contributed by atoms with Crippen molar-refractivity contribution in [2.45, 2.75) is 6.54 Å². The molecular weight excluding hydrogens is 430 g/mol. The average Bonchev–Trinajstić information content (AvgIpc) is 3.28. The normalized spacial score (nSPS) is 14.2. The van der Waals surface area contributed by atoms with Crippen LogP contribution in [0.2, 0.25) is 0 Å². The molecule has 0 unspecified atom stereocenters. The number of nitrogens with two attached hydrogens (primary N) is 1. The number of hydrogen-bond donors (Lipinski definition) is 2. The summed E-state index contributed by atoms with van der Waals surface area (Å²) in [5, 5.41) is 2.71. The molecule has 0 aliphatic carbocycles. The van der Waals surface area contributed by atoms with Gasteiger partial charge in [-0.3, -0.25) is 14.7 Å². The Kier molecular flexibility index (Phi) is 6.74. The Hall–Kier alpha value is -3.34. The maximum Gasteiger partial charge on any atom is 0.341 e. The molecule has 0 aromatic carbocycles. The average molecular weight is 454 g/mol. The molecule has 10 heteroatoms. The van der Waals surface area contributed by atoms with Gasteiger partial charge in [0.05, 0.1) is 31.6 Å². The van der Waals surface area contributed by atoms with Crippen molar-refractivity contribution in [1.29, 1.82) is 0 Å². The van der Waals surface area contributed by atoms with Gasteiger partial charge < -0.3 is 20.5 Å². The molecule has 0 radical (unpaired) electrons. The Bertz CT molecular complexity index is 1130. The number of nitrogens with one attached hydrogen (secondary N) is 1. The quantitative estimate of drug-likeness (QED) is 0.547. The van der Waals surface area contributed by atoms with Gasteiger partial charge in [-0.05, 0) is 24.3 Å². The molecule has 0 atom stereocenters. The molecule has 0 spiro atoms. The highest BCUT2D eigenvalue weighted by atomic mass is 32.1. The molecule has 0 saturated carbocycles. The van der Waals surface area contributed by atoms with Crippen LogP contribution in [0.5, 0.6) is 0 Å². The minimum Gasteiger partial charge on any atom is -0.465 e. The van der Waals surface area contributed by atoms with Gasteiger partial charge in [-0.15, -0.1) is 11.3 Å². The van der Waals surface area contributed by atoms with E-state index in [0.717, 1.165) is 43.3 Å². The zero-order valence-electron chi connectivity index (χ0n) is 17.5. The first-order valence-electron chi connectivity index (χ1n) is 10.0. The molecule has 32 heavy (non-hydrogen) atoms. The van der Waals surface area contributed by atoms with E-state index in [-0.39, 0.29) is 22.6 Å². The van der Waals surface area contributed by atoms with Crippen LogP contribution in [0.15, 0.2) is 42.9 Å². The van der Waals surface area contributed by atoms with Crippen LogP contribution in [-0.2, 0) is 16.0 Å². The topological polar surface area (TPSA) is 120 Å². The first-order valence-corrected chi connectivity index (χ1v) is 10.8. The Labute approximate surface area is 189 Å². The fourth-order valence-corrected chi connectivity index (χ4v) is 4.39. The number of morpholine rings is 1. The Morgan fingerprint density at radius 2 is 2.03 bits per heavy atom. The van der Waals surface area contributed by atoms with Crippen molar-refractivity contribution in [1.82, 2.24) is 14.9 Å². The van der Waals surface area contributed by atoms with Crippen LogP contribution in [-0.4, -0.2) is 60.2 Å². The summed E-state index contributed by atoms with van der Waals surface area (Å²) in [5.41, 5.74) is 7.43. The van der Waals surface area contributed by atoms with Gasteiger partial charge >= 0.3 is 5.97 Å². The summed E-state index contributed by atoms with van der Waals surface area (Å²) >= 11 is 1.65. The van der Waals surface area contributed by atoms with E-state index in [4.69, 9.17) is 15.2 Å². The summed E-state index contributed by atoms with van der Waals surface area (Å²) in [5.74, 6) is -0.969. The molecule has 1 aliphatic rings. The first-order chi connectivity index (χ1) is 15.5. The van der Waals surface area contributed by atoms with Crippen molar-refractivity contribution >= 4 is 34.7 Å². The van der Waals surface area contributed by atoms with Gasteiger partial charge in [0, 0.05) is 53.5 Å². The van der Waals surface area contributed by atoms with Crippen LogP contribution in [0.4, 0.5) is 11.5 Å². The first kappa shape index (κ1) is 21.9. The molecule has 0 bridgehead atoms. The number of rotatable bonds is 6. The van der Waals surface area contributed by atoms with Crippen molar-refractivity contribution in [3.8, 4) is 10.4 Å². The number of nitrogens with zero attached hydrogens (tertiary/aromatic N) is 3. The van der Waals surface area contributed by atoms with E-state index in [1.165, 1.54) is 30.4 Å². The number of thiophene rings is 1. The number of ether oxygens (including phenoxy) is 2. The second-order valence-electron chi connectivity index (χ2n) is 7.18. The SMILES string of the molecule is COC(=O)c1cnccc1NC(=O)c1cc(-c2ccc(CN3CCOCC3)s2)cnc1N. The summed E-state index contributed by atoms with van der Waals surface area (Å²) in [7, 11) is 1.26. The van der Waals surface area contributed by atoms with Crippen molar-refractivity contribution in [2.24, 2.45) is 0 Å². The van der Waals surface area contributed by atoms with Crippen LogP contribution >= 0.6 is 11.3 Å². The van der Waals surface area contributed by atoms with E-state index in [1.807, 2.05) is 6.07 Å². The maximum absolute atomic E-state index is 12.9. The molecule has 3 N–H and O–H groups in total. The lowest BCUT2D eigenvalue weighted by Crippen LogP contribution is -2.35. The van der Waals surface area contributed by atoms with E-state index < -0.39 is 11.9 Å². The van der Waals surface area contributed by atoms with Gasteiger partial charge in [-0.1, -0.05) is 0 Å². The number of nitrogen functional groups attached to an aromatic ring is 1. The zero-order chi connectivity index (χ0) is 22.5.